The maximum absolute atomic E-state index is 13.5. The lowest BCUT2D eigenvalue weighted by molar-refractivity contribution is -0.111. The molecule has 3 aromatic rings. The summed E-state index contributed by atoms with van der Waals surface area (Å²) >= 11 is 5.89. The Balaban J connectivity index is 1.49. The molecule has 1 saturated heterocycles. The van der Waals surface area contributed by atoms with Crippen molar-refractivity contribution in [2.24, 2.45) is 0 Å². The second-order valence-electron chi connectivity index (χ2n) is 7.73. The molecule has 0 spiro atoms. The van der Waals surface area contributed by atoms with Crippen LogP contribution in [0.5, 0.6) is 5.75 Å². The third-order valence-corrected chi connectivity index (χ3v) is 5.70. The van der Waals surface area contributed by atoms with Gasteiger partial charge in [0.25, 0.3) is 0 Å². The van der Waals surface area contributed by atoms with E-state index in [0.29, 0.717) is 46.4 Å². The molecule has 34 heavy (non-hydrogen) atoms. The number of carbonyl (C=O) groups is 1. The van der Waals surface area contributed by atoms with E-state index in [1.165, 1.54) is 31.6 Å². The number of fused-ring (bicyclic) bond motifs is 1. The lowest BCUT2D eigenvalue weighted by Crippen LogP contribution is -2.34. The van der Waals surface area contributed by atoms with E-state index in [9.17, 15) is 9.18 Å². The van der Waals surface area contributed by atoms with Gasteiger partial charge in [0, 0.05) is 49.0 Å². The normalized spacial score (nSPS) is 14.4. The van der Waals surface area contributed by atoms with Crippen molar-refractivity contribution in [2.75, 3.05) is 37.5 Å². The minimum absolute atomic E-state index is 0.00363. The molecular weight excluding hydrogens is 461 g/mol. The number of amides is 1. The van der Waals surface area contributed by atoms with Crippen molar-refractivity contribution >= 4 is 45.6 Å². The number of hydrogen-bond donors (Lipinski definition) is 3. The van der Waals surface area contributed by atoms with E-state index in [0.717, 1.165) is 26.1 Å². The van der Waals surface area contributed by atoms with Crippen LogP contribution >= 0.6 is 11.6 Å². The summed E-state index contributed by atoms with van der Waals surface area (Å²) < 4.78 is 24.3. The first-order valence-electron chi connectivity index (χ1n) is 10.9. The standard InChI is InChI=1S/C24H25ClFN5O3/c1-33-22-13-20-17(24(29-14-28-20)30-16-4-5-19(26)18(25)11-16)12-21(22)31-23(32)3-2-8-27-15-6-9-34-10-7-15/h2-5,11-15,27H,6-10H2,1H3,(H,31,32)(H,28,29,30)/b3-2+. The lowest BCUT2D eigenvalue weighted by Gasteiger charge is -2.22. The van der Waals surface area contributed by atoms with Crippen LogP contribution in [0.2, 0.25) is 5.02 Å². The minimum Gasteiger partial charge on any atom is -0.494 e. The Labute approximate surface area is 201 Å². The molecule has 0 saturated carbocycles. The van der Waals surface area contributed by atoms with Gasteiger partial charge in [0.15, 0.2) is 0 Å². The molecule has 0 aliphatic carbocycles. The van der Waals surface area contributed by atoms with E-state index < -0.39 is 5.82 Å². The van der Waals surface area contributed by atoms with Crippen LogP contribution in [-0.2, 0) is 9.53 Å². The summed E-state index contributed by atoms with van der Waals surface area (Å²) in [6.45, 7) is 2.12. The molecule has 2 heterocycles. The molecule has 1 aliphatic heterocycles. The summed E-state index contributed by atoms with van der Waals surface area (Å²) in [5, 5.41) is 10.0. The van der Waals surface area contributed by atoms with Crippen molar-refractivity contribution < 1.29 is 18.7 Å². The van der Waals surface area contributed by atoms with Gasteiger partial charge in [-0.15, -0.1) is 0 Å². The van der Waals surface area contributed by atoms with Crippen LogP contribution in [0, 0.1) is 5.82 Å². The Morgan fingerprint density at radius 1 is 1.26 bits per heavy atom. The number of hydrogen-bond acceptors (Lipinski definition) is 7. The van der Waals surface area contributed by atoms with Crippen LogP contribution in [0.3, 0.4) is 0 Å². The number of halogens is 2. The average Bonchev–Trinajstić information content (AvgIpc) is 2.85. The molecule has 10 heteroatoms. The van der Waals surface area contributed by atoms with E-state index >= 15 is 0 Å². The highest BCUT2D eigenvalue weighted by Gasteiger charge is 2.14. The predicted octanol–water partition coefficient (Wildman–Crippen LogP) is 4.44. The second kappa shape index (κ2) is 11.2. The third-order valence-electron chi connectivity index (χ3n) is 5.41. The zero-order valence-corrected chi connectivity index (χ0v) is 19.4. The molecule has 0 bridgehead atoms. The van der Waals surface area contributed by atoms with Crippen molar-refractivity contribution in [3.8, 4) is 5.75 Å². The van der Waals surface area contributed by atoms with Crippen molar-refractivity contribution in [1.29, 1.82) is 0 Å². The molecule has 178 valence electrons. The van der Waals surface area contributed by atoms with Gasteiger partial charge < -0.3 is 25.4 Å². The molecule has 1 aliphatic rings. The largest absolute Gasteiger partial charge is 0.494 e. The number of benzene rings is 2. The van der Waals surface area contributed by atoms with Crippen LogP contribution < -0.4 is 20.7 Å². The Kier molecular flexibility index (Phi) is 7.89. The van der Waals surface area contributed by atoms with Crippen LogP contribution in [0.15, 0.2) is 48.8 Å². The third kappa shape index (κ3) is 5.99. The fraction of sp³-hybridized carbons (Fsp3) is 0.292. The Morgan fingerprint density at radius 2 is 2.09 bits per heavy atom. The Hall–Kier alpha value is -3.27. The van der Waals surface area contributed by atoms with Crippen LogP contribution in [0.25, 0.3) is 10.9 Å². The van der Waals surface area contributed by atoms with Gasteiger partial charge in [0.1, 0.15) is 23.7 Å². The highest BCUT2D eigenvalue weighted by Crippen LogP contribution is 2.33. The fourth-order valence-electron chi connectivity index (χ4n) is 3.64. The van der Waals surface area contributed by atoms with E-state index in [1.54, 1.807) is 24.3 Å². The molecule has 1 fully saturated rings. The molecule has 0 unspecified atom stereocenters. The summed E-state index contributed by atoms with van der Waals surface area (Å²) in [7, 11) is 1.52. The smallest absolute Gasteiger partial charge is 0.248 e. The van der Waals surface area contributed by atoms with Crippen LogP contribution in [-0.4, -0.2) is 48.8 Å². The van der Waals surface area contributed by atoms with Gasteiger partial charge in [-0.25, -0.2) is 14.4 Å². The van der Waals surface area contributed by atoms with Gasteiger partial charge >= 0.3 is 0 Å². The van der Waals surface area contributed by atoms with Crippen molar-refractivity contribution in [3.05, 3.63) is 59.7 Å². The van der Waals surface area contributed by atoms with Crippen molar-refractivity contribution in [1.82, 2.24) is 15.3 Å². The van der Waals surface area contributed by atoms with Crippen molar-refractivity contribution in [2.45, 2.75) is 18.9 Å². The average molecular weight is 486 g/mol. The molecule has 3 N–H and O–H groups in total. The number of anilines is 3. The molecule has 8 nitrogen and oxygen atoms in total. The fourth-order valence-corrected chi connectivity index (χ4v) is 3.82. The Morgan fingerprint density at radius 3 is 2.85 bits per heavy atom. The van der Waals surface area contributed by atoms with Crippen molar-refractivity contribution in [3.63, 3.8) is 0 Å². The first kappa shape index (κ1) is 23.9. The number of rotatable bonds is 8. The van der Waals surface area contributed by atoms with Crippen LogP contribution in [0.1, 0.15) is 12.8 Å². The van der Waals surface area contributed by atoms with Gasteiger partial charge in [0.2, 0.25) is 5.91 Å². The lowest BCUT2D eigenvalue weighted by atomic mass is 10.1. The van der Waals surface area contributed by atoms with Gasteiger partial charge in [-0.1, -0.05) is 17.7 Å². The van der Waals surface area contributed by atoms with E-state index in [1.807, 2.05) is 0 Å². The SMILES string of the molecule is COc1cc2ncnc(Nc3ccc(F)c(Cl)c3)c2cc1NC(=O)/C=C/CNC1CCOCC1. The second-order valence-corrected chi connectivity index (χ2v) is 8.14. The zero-order valence-electron chi connectivity index (χ0n) is 18.6. The highest BCUT2D eigenvalue weighted by atomic mass is 35.5. The molecular formula is C24H25ClFN5O3. The van der Waals surface area contributed by atoms with E-state index in [4.69, 9.17) is 21.1 Å². The molecule has 4 rings (SSSR count). The van der Waals surface area contributed by atoms with Gasteiger partial charge in [0.05, 0.1) is 23.3 Å². The number of nitrogens with zero attached hydrogens (tertiary/aromatic N) is 2. The monoisotopic (exact) mass is 485 g/mol. The summed E-state index contributed by atoms with van der Waals surface area (Å²) in [5.41, 5.74) is 1.64. The zero-order chi connectivity index (χ0) is 23.9. The van der Waals surface area contributed by atoms with E-state index in [2.05, 4.69) is 25.9 Å². The summed E-state index contributed by atoms with van der Waals surface area (Å²) in [6.07, 6.45) is 6.61. The first-order chi connectivity index (χ1) is 16.5. The van der Waals surface area contributed by atoms with Gasteiger partial charge in [-0.05, 0) is 37.1 Å². The quantitative estimate of drug-likeness (QED) is 0.406. The van der Waals surface area contributed by atoms with Gasteiger partial charge in [-0.3, -0.25) is 4.79 Å². The molecule has 1 amide bonds. The first-order valence-corrected chi connectivity index (χ1v) is 11.2. The predicted molar refractivity (Wildman–Crippen MR) is 130 cm³/mol. The molecule has 0 radical (unpaired) electrons. The highest BCUT2D eigenvalue weighted by molar-refractivity contribution is 6.31. The molecule has 2 aromatic carbocycles. The number of methoxy groups -OCH3 is 1. The number of nitrogens with one attached hydrogen (secondary N) is 3. The van der Waals surface area contributed by atoms with Gasteiger partial charge in [-0.2, -0.15) is 0 Å². The topological polar surface area (TPSA) is 97.4 Å². The van der Waals surface area contributed by atoms with E-state index in [-0.39, 0.29) is 10.9 Å². The number of ether oxygens (including phenoxy) is 2. The summed E-state index contributed by atoms with van der Waals surface area (Å²) in [4.78, 5) is 21.1. The maximum atomic E-state index is 13.5. The number of carbonyl (C=O) groups excluding carboxylic acids is 1. The number of aromatic nitrogens is 2. The molecule has 1 aromatic heterocycles. The Bertz CT molecular complexity index is 1200. The molecule has 0 atom stereocenters. The summed E-state index contributed by atoms with van der Waals surface area (Å²) in [6, 6.07) is 8.14. The summed E-state index contributed by atoms with van der Waals surface area (Å²) in [5.74, 6) is 0.139. The maximum Gasteiger partial charge on any atom is 0.248 e. The van der Waals surface area contributed by atoms with Crippen LogP contribution in [0.4, 0.5) is 21.6 Å². The minimum atomic E-state index is -0.509.